The maximum atomic E-state index is 10.8. The number of Topliss-reactive ketones (excluding diaryl/α,β-unsaturated/α-hetero) is 3. The molecule has 0 aromatic heterocycles. The zero-order chi connectivity index (χ0) is 8.27. The van der Waals surface area contributed by atoms with Gasteiger partial charge in [-0.05, 0) is 12.8 Å². The van der Waals surface area contributed by atoms with Gasteiger partial charge in [-0.1, -0.05) is 6.42 Å². The summed E-state index contributed by atoms with van der Waals surface area (Å²) in [7, 11) is 0. The zero-order valence-corrected chi connectivity index (χ0v) is 6.26. The molecule has 0 heterocycles. The van der Waals surface area contributed by atoms with Crippen molar-refractivity contribution in [1.82, 2.24) is 0 Å². The smallest absolute Gasteiger partial charge is 0.264 e. The Morgan fingerprint density at radius 2 is 1.18 bits per heavy atom. The maximum absolute atomic E-state index is 10.8. The molecule has 0 aliphatic heterocycles. The van der Waals surface area contributed by atoms with E-state index in [1.54, 1.807) is 0 Å². The standard InChI is InChI=1S/C8H10O3/c9-6-4-2-1-3-5-7(10)8(6)11/h1-5H2. The molecule has 0 saturated heterocycles. The van der Waals surface area contributed by atoms with Crippen molar-refractivity contribution in [3.05, 3.63) is 0 Å². The Bertz CT molecular complexity index is 185. The summed E-state index contributed by atoms with van der Waals surface area (Å²) in [6.07, 6.45) is 2.88. The Hall–Kier alpha value is -0.990. The van der Waals surface area contributed by atoms with Crippen LogP contribution in [0.5, 0.6) is 0 Å². The van der Waals surface area contributed by atoms with Gasteiger partial charge in [0.05, 0.1) is 0 Å². The Kier molecular flexibility index (Phi) is 2.52. The summed E-state index contributed by atoms with van der Waals surface area (Å²) >= 11 is 0. The van der Waals surface area contributed by atoms with Gasteiger partial charge in [-0.15, -0.1) is 0 Å². The van der Waals surface area contributed by atoms with Crippen molar-refractivity contribution in [3.8, 4) is 0 Å². The summed E-state index contributed by atoms with van der Waals surface area (Å²) in [5, 5.41) is 0. The first-order valence-electron chi connectivity index (χ1n) is 3.82. The summed E-state index contributed by atoms with van der Waals surface area (Å²) in [5.41, 5.74) is 0. The lowest BCUT2D eigenvalue weighted by Crippen LogP contribution is -2.25. The fraction of sp³-hybridized carbons (Fsp3) is 0.625. The van der Waals surface area contributed by atoms with Gasteiger partial charge in [-0.2, -0.15) is 0 Å². The van der Waals surface area contributed by atoms with Crippen LogP contribution in [-0.4, -0.2) is 17.3 Å². The molecule has 0 aromatic carbocycles. The van der Waals surface area contributed by atoms with E-state index in [4.69, 9.17) is 0 Å². The summed E-state index contributed by atoms with van der Waals surface area (Å²) in [6.45, 7) is 0. The molecule has 0 N–H and O–H groups in total. The van der Waals surface area contributed by atoms with Crippen molar-refractivity contribution in [2.75, 3.05) is 0 Å². The molecule has 0 bridgehead atoms. The summed E-state index contributed by atoms with van der Waals surface area (Å²) in [6, 6.07) is 0. The van der Waals surface area contributed by atoms with Crippen LogP contribution in [0.1, 0.15) is 32.1 Å². The molecule has 0 radical (unpaired) electrons. The van der Waals surface area contributed by atoms with Gasteiger partial charge >= 0.3 is 0 Å². The van der Waals surface area contributed by atoms with E-state index in [1.807, 2.05) is 0 Å². The quantitative estimate of drug-likeness (QED) is 0.481. The molecular weight excluding hydrogens is 144 g/mol. The fourth-order valence-electron chi connectivity index (χ4n) is 1.13. The third-order valence-electron chi connectivity index (χ3n) is 1.81. The lowest BCUT2D eigenvalue weighted by atomic mass is 9.98. The number of hydrogen-bond acceptors (Lipinski definition) is 3. The predicted octanol–water partition coefficient (Wildman–Crippen LogP) is 0.658. The molecular formula is C8H10O3. The summed E-state index contributed by atoms with van der Waals surface area (Å²) in [4.78, 5) is 32.4. The lowest BCUT2D eigenvalue weighted by molar-refractivity contribution is -0.144. The second kappa shape index (κ2) is 3.42. The van der Waals surface area contributed by atoms with Crippen LogP contribution in [0.15, 0.2) is 0 Å². The van der Waals surface area contributed by atoms with Crippen LogP contribution in [-0.2, 0) is 14.4 Å². The average molecular weight is 154 g/mol. The highest BCUT2D eigenvalue weighted by atomic mass is 16.2. The van der Waals surface area contributed by atoms with Gasteiger partial charge in [-0.3, -0.25) is 14.4 Å². The van der Waals surface area contributed by atoms with Crippen molar-refractivity contribution >= 4 is 17.3 Å². The molecule has 1 fully saturated rings. The Morgan fingerprint density at radius 3 is 1.64 bits per heavy atom. The van der Waals surface area contributed by atoms with Crippen LogP contribution >= 0.6 is 0 Å². The van der Waals surface area contributed by atoms with Gasteiger partial charge in [0.15, 0.2) is 0 Å². The van der Waals surface area contributed by atoms with Crippen LogP contribution in [0, 0.1) is 0 Å². The Balaban J connectivity index is 2.64. The minimum absolute atomic E-state index is 0.255. The van der Waals surface area contributed by atoms with Crippen molar-refractivity contribution in [1.29, 1.82) is 0 Å². The van der Waals surface area contributed by atoms with Crippen LogP contribution in [0.3, 0.4) is 0 Å². The van der Waals surface area contributed by atoms with E-state index < -0.39 is 17.3 Å². The second-order valence-electron chi connectivity index (χ2n) is 2.74. The Labute approximate surface area is 64.8 Å². The molecule has 0 amide bonds. The Morgan fingerprint density at radius 1 is 0.727 bits per heavy atom. The minimum Gasteiger partial charge on any atom is -0.290 e. The minimum atomic E-state index is -0.787. The third-order valence-corrected chi connectivity index (χ3v) is 1.81. The monoisotopic (exact) mass is 154 g/mol. The first kappa shape index (κ1) is 8.11. The van der Waals surface area contributed by atoms with E-state index in [0.717, 1.165) is 19.3 Å². The predicted molar refractivity (Wildman–Crippen MR) is 38.1 cm³/mol. The van der Waals surface area contributed by atoms with Crippen molar-refractivity contribution in [2.45, 2.75) is 32.1 Å². The molecule has 60 valence electrons. The fourth-order valence-corrected chi connectivity index (χ4v) is 1.13. The topological polar surface area (TPSA) is 51.2 Å². The van der Waals surface area contributed by atoms with Crippen molar-refractivity contribution in [2.24, 2.45) is 0 Å². The van der Waals surface area contributed by atoms with Crippen molar-refractivity contribution in [3.63, 3.8) is 0 Å². The molecule has 3 nitrogen and oxygen atoms in total. The highest BCUT2D eigenvalue weighted by Gasteiger charge is 2.22. The van der Waals surface area contributed by atoms with Crippen LogP contribution in [0.25, 0.3) is 0 Å². The molecule has 3 heteroatoms. The lowest BCUT2D eigenvalue weighted by Gasteiger charge is -2.04. The van der Waals surface area contributed by atoms with Gasteiger partial charge in [0.2, 0.25) is 11.6 Å². The average Bonchev–Trinajstić information content (AvgIpc) is 2.00. The number of carbonyl (C=O) groups is 3. The molecule has 0 unspecified atom stereocenters. The number of rotatable bonds is 0. The largest absolute Gasteiger partial charge is 0.290 e. The highest BCUT2D eigenvalue weighted by Crippen LogP contribution is 2.09. The number of hydrogen-bond donors (Lipinski definition) is 0. The van der Waals surface area contributed by atoms with Crippen LogP contribution in [0.4, 0.5) is 0 Å². The molecule has 1 saturated carbocycles. The van der Waals surface area contributed by atoms with Crippen molar-refractivity contribution < 1.29 is 14.4 Å². The molecule has 1 aliphatic carbocycles. The molecule has 1 aliphatic rings. The van der Waals surface area contributed by atoms with Gasteiger partial charge in [0.25, 0.3) is 5.78 Å². The maximum Gasteiger partial charge on any atom is 0.264 e. The zero-order valence-electron chi connectivity index (χ0n) is 6.26. The van der Waals surface area contributed by atoms with Gasteiger partial charge in [0, 0.05) is 12.8 Å². The van der Waals surface area contributed by atoms with Crippen LogP contribution in [0.2, 0.25) is 0 Å². The van der Waals surface area contributed by atoms with Crippen LogP contribution < -0.4 is 0 Å². The molecule has 0 aromatic rings. The third kappa shape index (κ3) is 1.97. The van der Waals surface area contributed by atoms with Gasteiger partial charge in [0.1, 0.15) is 0 Å². The first-order valence-corrected chi connectivity index (χ1v) is 3.82. The molecule has 0 spiro atoms. The second-order valence-corrected chi connectivity index (χ2v) is 2.74. The van der Waals surface area contributed by atoms with E-state index in [-0.39, 0.29) is 12.8 Å². The molecule has 1 rings (SSSR count). The summed E-state index contributed by atoms with van der Waals surface area (Å²) < 4.78 is 0. The molecule has 11 heavy (non-hydrogen) atoms. The van der Waals surface area contributed by atoms with E-state index >= 15 is 0 Å². The van der Waals surface area contributed by atoms with E-state index in [0.29, 0.717) is 0 Å². The molecule has 0 atom stereocenters. The number of ketones is 3. The van der Waals surface area contributed by atoms with E-state index in [1.165, 1.54) is 0 Å². The normalized spacial score (nSPS) is 21.3. The van der Waals surface area contributed by atoms with Gasteiger partial charge < -0.3 is 0 Å². The van der Waals surface area contributed by atoms with E-state index in [9.17, 15) is 14.4 Å². The van der Waals surface area contributed by atoms with E-state index in [2.05, 4.69) is 0 Å². The number of carbonyl (C=O) groups excluding carboxylic acids is 3. The first-order chi connectivity index (χ1) is 5.22. The van der Waals surface area contributed by atoms with Gasteiger partial charge in [-0.25, -0.2) is 0 Å². The summed E-state index contributed by atoms with van der Waals surface area (Å²) in [5.74, 6) is -1.80. The SMILES string of the molecule is O=C1CCCCCC(=O)C1=O. The highest BCUT2D eigenvalue weighted by molar-refractivity contribution is 6.63.